The molecular weight excluding hydrogens is 276 g/mol. The van der Waals surface area contributed by atoms with Crippen molar-refractivity contribution in [3.05, 3.63) is 18.7 Å². The lowest BCUT2D eigenvalue weighted by molar-refractivity contribution is 0.672. The molecular formula is C11H16N8S. The van der Waals surface area contributed by atoms with Gasteiger partial charge in [-0.25, -0.2) is 10.8 Å². The highest BCUT2D eigenvalue weighted by Gasteiger charge is 2.22. The second-order valence-corrected chi connectivity index (χ2v) is 5.64. The largest absolute Gasteiger partial charge is 0.336 e. The Hall–Kier alpha value is -1.87. The molecule has 8 nitrogen and oxygen atoms in total. The quantitative estimate of drug-likeness (QED) is 0.615. The molecule has 0 amide bonds. The molecule has 1 fully saturated rings. The highest BCUT2D eigenvalue weighted by molar-refractivity contribution is 7.99. The molecule has 3 heterocycles. The van der Waals surface area contributed by atoms with Crippen LogP contribution in [-0.4, -0.2) is 48.6 Å². The van der Waals surface area contributed by atoms with Crippen molar-refractivity contribution in [2.24, 2.45) is 5.84 Å². The van der Waals surface area contributed by atoms with Crippen LogP contribution in [0.2, 0.25) is 0 Å². The summed E-state index contributed by atoms with van der Waals surface area (Å²) in [5, 5.41) is 0. The lowest BCUT2D eigenvalue weighted by Crippen LogP contribution is -2.41. The van der Waals surface area contributed by atoms with Crippen LogP contribution in [0.1, 0.15) is 6.92 Å². The van der Waals surface area contributed by atoms with Gasteiger partial charge in [0.2, 0.25) is 17.8 Å². The number of anilines is 2. The molecule has 0 radical (unpaired) electrons. The van der Waals surface area contributed by atoms with Gasteiger partial charge in [0, 0.05) is 36.5 Å². The molecule has 0 saturated carbocycles. The summed E-state index contributed by atoms with van der Waals surface area (Å²) in [6.45, 7) is 3.09. The van der Waals surface area contributed by atoms with Crippen LogP contribution in [0.15, 0.2) is 18.7 Å². The number of imidazole rings is 1. The zero-order valence-electron chi connectivity index (χ0n) is 11.1. The van der Waals surface area contributed by atoms with Gasteiger partial charge in [-0.3, -0.25) is 9.99 Å². The van der Waals surface area contributed by atoms with Gasteiger partial charge in [0.15, 0.2) is 0 Å². The van der Waals surface area contributed by atoms with E-state index in [2.05, 4.69) is 37.2 Å². The number of nitrogens with one attached hydrogen (secondary N) is 1. The third-order valence-electron chi connectivity index (χ3n) is 3.10. The molecule has 1 saturated heterocycles. The minimum absolute atomic E-state index is 0.351. The van der Waals surface area contributed by atoms with E-state index < -0.39 is 0 Å². The van der Waals surface area contributed by atoms with Gasteiger partial charge >= 0.3 is 0 Å². The number of nitrogens with zero attached hydrogens (tertiary/aromatic N) is 6. The Balaban J connectivity index is 1.99. The molecule has 3 N–H and O–H groups in total. The number of hydrogen-bond acceptors (Lipinski definition) is 8. The number of hydrazine groups is 1. The number of rotatable bonds is 3. The second kappa shape index (κ2) is 5.63. The third-order valence-corrected chi connectivity index (χ3v) is 4.29. The SMILES string of the molecule is CC1CSCCN1c1nc(NN)nc(-n2ccnc2)n1. The standard InChI is InChI=1S/C11H16N8S/c1-8-6-20-5-4-19(8)11-15-9(17-12)14-10(16-11)18-3-2-13-7-18/h2-3,7-8H,4-6,12H2,1H3,(H,14,15,16,17). The molecule has 0 aliphatic carbocycles. The van der Waals surface area contributed by atoms with Gasteiger partial charge in [-0.15, -0.1) is 0 Å². The molecule has 0 spiro atoms. The fraction of sp³-hybridized carbons (Fsp3) is 0.455. The van der Waals surface area contributed by atoms with Crippen molar-refractivity contribution >= 4 is 23.7 Å². The average Bonchev–Trinajstić information content (AvgIpc) is 3.01. The van der Waals surface area contributed by atoms with E-state index >= 15 is 0 Å². The van der Waals surface area contributed by atoms with Crippen LogP contribution in [0.3, 0.4) is 0 Å². The molecule has 3 rings (SSSR count). The van der Waals surface area contributed by atoms with Crippen LogP contribution < -0.4 is 16.2 Å². The minimum Gasteiger partial charge on any atom is -0.336 e. The van der Waals surface area contributed by atoms with Crippen LogP contribution in [0.5, 0.6) is 0 Å². The van der Waals surface area contributed by atoms with Crippen LogP contribution in [0.25, 0.3) is 5.95 Å². The first-order valence-corrected chi connectivity index (χ1v) is 7.49. The molecule has 1 aliphatic rings. The maximum absolute atomic E-state index is 5.45. The van der Waals surface area contributed by atoms with Gasteiger partial charge in [-0.2, -0.15) is 26.7 Å². The van der Waals surface area contributed by atoms with Crippen molar-refractivity contribution < 1.29 is 0 Å². The normalized spacial score (nSPS) is 19.1. The molecule has 9 heteroatoms. The van der Waals surface area contributed by atoms with Crippen molar-refractivity contribution in [1.29, 1.82) is 0 Å². The first-order chi connectivity index (χ1) is 9.78. The monoisotopic (exact) mass is 292 g/mol. The fourth-order valence-corrected chi connectivity index (χ4v) is 3.08. The van der Waals surface area contributed by atoms with Crippen molar-refractivity contribution in [1.82, 2.24) is 24.5 Å². The Bertz CT molecular complexity index is 572. The van der Waals surface area contributed by atoms with E-state index in [0.717, 1.165) is 18.1 Å². The Kier molecular flexibility index (Phi) is 3.70. The summed E-state index contributed by atoms with van der Waals surface area (Å²) >= 11 is 1.94. The van der Waals surface area contributed by atoms with E-state index in [-0.39, 0.29) is 0 Å². The molecule has 2 aromatic rings. The predicted octanol–water partition coefficient (Wildman–Crippen LogP) is 0.285. The van der Waals surface area contributed by atoms with Crippen molar-refractivity contribution in [3.63, 3.8) is 0 Å². The Morgan fingerprint density at radius 1 is 1.35 bits per heavy atom. The first kappa shape index (κ1) is 13.1. The number of aromatic nitrogens is 5. The summed E-state index contributed by atoms with van der Waals surface area (Å²) in [7, 11) is 0. The van der Waals surface area contributed by atoms with E-state index in [1.165, 1.54) is 0 Å². The Morgan fingerprint density at radius 2 is 2.20 bits per heavy atom. The van der Waals surface area contributed by atoms with Gasteiger partial charge in [0.05, 0.1) is 0 Å². The van der Waals surface area contributed by atoms with E-state index in [4.69, 9.17) is 5.84 Å². The van der Waals surface area contributed by atoms with Crippen molar-refractivity contribution in [2.75, 3.05) is 28.4 Å². The van der Waals surface area contributed by atoms with Crippen molar-refractivity contribution in [3.8, 4) is 5.95 Å². The topological polar surface area (TPSA) is 97.8 Å². The third kappa shape index (κ3) is 2.54. The van der Waals surface area contributed by atoms with Gasteiger partial charge < -0.3 is 4.90 Å². The van der Waals surface area contributed by atoms with Gasteiger partial charge in [-0.1, -0.05) is 0 Å². The molecule has 20 heavy (non-hydrogen) atoms. The summed E-state index contributed by atoms with van der Waals surface area (Å²) in [5.41, 5.74) is 2.50. The van der Waals surface area contributed by atoms with E-state index in [1.807, 2.05) is 11.8 Å². The summed E-state index contributed by atoms with van der Waals surface area (Å²) in [4.78, 5) is 19.3. The summed E-state index contributed by atoms with van der Waals surface area (Å²) in [6, 6.07) is 0.386. The first-order valence-electron chi connectivity index (χ1n) is 6.33. The van der Waals surface area contributed by atoms with Crippen LogP contribution in [0.4, 0.5) is 11.9 Å². The molecule has 2 aromatic heterocycles. The molecule has 1 unspecified atom stereocenters. The van der Waals surface area contributed by atoms with Crippen LogP contribution in [0, 0.1) is 0 Å². The van der Waals surface area contributed by atoms with Crippen molar-refractivity contribution in [2.45, 2.75) is 13.0 Å². The maximum atomic E-state index is 5.45. The molecule has 1 atom stereocenters. The van der Waals surface area contributed by atoms with Gasteiger partial charge in [0.1, 0.15) is 6.33 Å². The fourth-order valence-electron chi connectivity index (χ4n) is 2.06. The number of thioether (sulfide) groups is 1. The number of nitrogen functional groups attached to an aromatic ring is 1. The summed E-state index contributed by atoms with van der Waals surface area (Å²) in [6.07, 6.45) is 5.11. The molecule has 106 valence electrons. The average molecular weight is 292 g/mol. The lowest BCUT2D eigenvalue weighted by Gasteiger charge is -2.33. The Morgan fingerprint density at radius 3 is 2.90 bits per heavy atom. The number of hydrogen-bond donors (Lipinski definition) is 2. The Labute approximate surface area is 120 Å². The number of nitrogens with two attached hydrogens (primary N) is 1. The smallest absolute Gasteiger partial charge is 0.243 e. The highest BCUT2D eigenvalue weighted by Crippen LogP contribution is 2.22. The van der Waals surface area contributed by atoms with Crippen LogP contribution >= 0.6 is 11.8 Å². The maximum Gasteiger partial charge on any atom is 0.243 e. The minimum atomic E-state index is 0.351. The highest BCUT2D eigenvalue weighted by atomic mass is 32.2. The summed E-state index contributed by atoms with van der Waals surface area (Å²) < 4.78 is 1.73. The molecule has 0 bridgehead atoms. The molecule has 0 aromatic carbocycles. The van der Waals surface area contributed by atoms with Gasteiger partial charge in [0.25, 0.3) is 0 Å². The second-order valence-electron chi connectivity index (χ2n) is 4.49. The predicted molar refractivity (Wildman–Crippen MR) is 78.9 cm³/mol. The zero-order chi connectivity index (χ0) is 13.9. The van der Waals surface area contributed by atoms with Crippen LogP contribution in [-0.2, 0) is 0 Å². The van der Waals surface area contributed by atoms with E-state index in [0.29, 0.717) is 23.9 Å². The summed E-state index contributed by atoms with van der Waals surface area (Å²) in [5.74, 6) is 9.09. The lowest BCUT2D eigenvalue weighted by atomic mass is 10.3. The zero-order valence-corrected chi connectivity index (χ0v) is 11.9. The molecule has 1 aliphatic heterocycles. The van der Waals surface area contributed by atoms with E-state index in [9.17, 15) is 0 Å². The van der Waals surface area contributed by atoms with Gasteiger partial charge in [-0.05, 0) is 6.92 Å². The van der Waals surface area contributed by atoms with E-state index in [1.54, 1.807) is 23.3 Å².